The molecule has 0 spiro atoms. The minimum atomic E-state index is 0.603. The van der Waals surface area contributed by atoms with Gasteiger partial charge in [-0.3, -0.25) is 0 Å². The average Bonchev–Trinajstić information content (AvgIpc) is 3.09. The minimum absolute atomic E-state index is 0.603. The molecule has 4 nitrogen and oxygen atoms in total. The van der Waals surface area contributed by atoms with Crippen LogP contribution in [0.2, 0.25) is 0 Å². The first-order valence-electron chi connectivity index (χ1n) is 6.01. The molecular weight excluding hydrogens is 214 g/mol. The monoisotopic (exact) mass is 229 g/mol. The molecule has 0 bridgehead atoms. The Morgan fingerprint density at radius 2 is 2.06 bits per heavy atom. The second kappa shape index (κ2) is 4.20. The van der Waals surface area contributed by atoms with Gasteiger partial charge in [-0.2, -0.15) is 0 Å². The summed E-state index contributed by atoms with van der Waals surface area (Å²) in [6.45, 7) is 2.68. The predicted molar refractivity (Wildman–Crippen MR) is 64.9 cm³/mol. The van der Waals surface area contributed by atoms with Crippen molar-refractivity contribution < 1.29 is 4.74 Å². The third-order valence-corrected chi connectivity index (χ3v) is 2.94. The second-order valence-corrected chi connectivity index (χ2v) is 4.25. The van der Waals surface area contributed by atoms with Crippen molar-refractivity contribution >= 4 is 0 Å². The molecule has 3 rings (SSSR count). The molecule has 2 aromatic rings. The third kappa shape index (κ3) is 2.02. The molecule has 1 saturated carbocycles. The van der Waals surface area contributed by atoms with Crippen molar-refractivity contribution in [3.63, 3.8) is 0 Å². The summed E-state index contributed by atoms with van der Waals surface area (Å²) < 4.78 is 7.59. The number of nitrogens with zero attached hydrogens (tertiary/aromatic N) is 3. The van der Waals surface area contributed by atoms with Crippen LogP contribution in [0.4, 0.5) is 0 Å². The predicted octanol–water partition coefficient (Wildman–Crippen LogP) is 2.68. The Kier molecular flexibility index (Phi) is 2.55. The van der Waals surface area contributed by atoms with Gasteiger partial charge >= 0.3 is 0 Å². The first-order valence-corrected chi connectivity index (χ1v) is 6.01. The van der Waals surface area contributed by atoms with E-state index in [2.05, 4.69) is 14.8 Å². The number of rotatable bonds is 4. The van der Waals surface area contributed by atoms with Gasteiger partial charge in [0, 0.05) is 11.6 Å². The first kappa shape index (κ1) is 10.3. The summed E-state index contributed by atoms with van der Waals surface area (Å²) in [6.07, 6.45) is 4.30. The maximum Gasteiger partial charge on any atom is 0.164 e. The Bertz CT molecular complexity index is 500. The summed E-state index contributed by atoms with van der Waals surface area (Å²) in [4.78, 5) is 0. The van der Waals surface area contributed by atoms with E-state index in [0.29, 0.717) is 12.6 Å². The molecule has 17 heavy (non-hydrogen) atoms. The first-order chi connectivity index (χ1) is 8.38. The lowest BCUT2D eigenvalue weighted by molar-refractivity contribution is 0.340. The molecule has 88 valence electrons. The van der Waals surface area contributed by atoms with E-state index in [9.17, 15) is 0 Å². The number of ether oxygens (including phenoxy) is 1. The number of hydrogen-bond acceptors (Lipinski definition) is 3. The maximum atomic E-state index is 5.43. The zero-order chi connectivity index (χ0) is 11.7. The van der Waals surface area contributed by atoms with Gasteiger partial charge in [0.05, 0.1) is 6.61 Å². The fourth-order valence-electron chi connectivity index (χ4n) is 1.94. The van der Waals surface area contributed by atoms with E-state index in [0.717, 1.165) is 17.1 Å². The normalized spacial score (nSPS) is 14.9. The van der Waals surface area contributed by atoms with Gasteiger partial charge in [-0.15, -0.1) is 10.2 Å². The smallest absolute Gasteiger partial charge is 0.164 e. The van der Waals surface area contributed by atoms with E-state index in [1.165, 1.54) is 12.8 Å². The molecule has 0 N–H and O–H groups in total. The van der Waals surface area contributed by atoms with Crippen LogP contribution in [0.15, 0.2) is 30.6 Å². The summed E-state index contributed by atoms with van der Waals surface area (Å²) >= 11 is 0. The van der Waals surface area contributed by atoms with Gasteiger partial charge in [-0.1, -0.05) is 0 Å². The average molecular weight is 229 g/mol. The van der Waals surface area contributed by atoms with Crippen molar-refractivity contribution in [2.24, 2.45) is 0 Å². The molecule has 1 aliphatic carbocycles. The van der Waals surface area contributed by atoms with E-state index in [1.807, 2.05) is 37.5 Å². The van der Waals surface area contributed by atoms with Gasteiger partial charge in [-0.25, -0.2) is 0 Å². The SMILES string of the molecule is CCOc1ccc(-c2nncn2C2CC2)cc1. The van der Waals surface area contributed by atoms with Crippen LogP contribution in [0.1, 0.15) is 25.8 Å². The molecule has 0 amide bonds. The lowest BCUT2D eigenvalue weighted by atomic mass is 10.2. The van der Waals surface area contributed by atoms with Crippen molar-refractivity contribution in [1.82, 2.24) is 14.8 Å². The minimum Gasteiger partial charge on any atom is -0.494 e. The highest BCUT2D eigenvalue weighted by atomic mass is 16.5. The van der Waals surface area contributed by atoms with Gasteiger partial charge in [0.15, 0.2) is 5.82 Å². The molecule has 1 aromatic carbocycles. The summed E-state index contributed by atoms with van der Waals surface area (Å²) in [5, 5.41) is 8.20. The molecule has 1 aromatic heterocycles. The van der Waals surface area contributed by atoms with Crippen LogP contribution >= 0.6 is 0 Å². The highest BCUT2D eigenvalue weighted by Crippen LogP contribution is 2.37. The molecular formula is C13H15N3O. The number of benzene rings is 1. The Hall–Kier alpha value is -1.84. The molecule has 0 saturated heterocycles. The molecule has 1 aliphatic rings. The summed E-state index contributed by atoms with van der Waals surface area (Å²) in [6, 6.07) is 8.63. The van der Waals surface area contributed by atoms with Crippen LogP contribution in [0.5, 0.6) is 5.75 Å². The van der Waals surface area contributed by atoms with Crippen LogP contribution in [-0.2, 0) is 0 Å². The van der Waals surface area contributed by atoms with Crippen molar-refractivity contribution in [3.8, 4) is 17.1 Å². The summed E-state index contributed by atoms with van der Waals surface area (Å²) in [5.74, 6) is 1.85. The van der Waals surface area contributed by atoms with Gasteiger partial charge in [0.25, 0.3) is 0 Å². The second-order valence-electron chi connectivity index (χ2n) is 4.25. The Morgan fingerprint density at radius 3 is 2.71 bits per heavy atom. The number of aromatic nitrogens is 3. The van der Waals surface area contributed by atoms with Crippen molar-refractivity contribution in [1.29, 1.82) is 0 Å². The molecule has 0 unspecified atom stereocenters. The lowest BCUT2D eigenvalue weighted by Gasteiger charge is -2.06. The molecule has 0 aliphatic heterocycles. The maximum absolute atomic E-state index is 5.43. The van der Waals surface area contributed by atoms with E-state index in [-0.39, 0.29) is 0 Å². The largest absolute Gasteiger partial charge is 0.494 e. The third-order valence-electron chi connectivity index (χ3n) is 2.94. The Labute approximate surface area is 100 Å². The quantitative estimate of drug-likeness (QED) is 0.809. The topological polar surface area (TPSA) is 39.9 Å². The zero-order valence-electron chi connectivity index (χ0n) is 9.84. The summed E-state index contributed by atoms with van der Waals surface area (Å²) in [7, 11) is 0. The van der Waals surface area contributed by atoms with Crippen molar-refractivity contribution in [2.75, 3.05) is 6.61 Å². The lowest BCUT2D eigenvalue weighted by Crippen LogP contribution is -1.96. The zero-order valence-corrected chi connectivity index (χ0v) is 9.84. The van der Waals surface area contributed by atoms with Crippen LogP contribution in [0, 0.1) is 0 Å². The molecule has 4 heteroatoms. The van der Waals surface area contributed by atoms with Crippen LogP contribution in [-0.4, -0.2) is 21.4 Å². The van der Waals surface area contributed by atoms with E-state index < -0.39 is 0 Å². The van der Waals surface area contributed by atoms with E-state index >= 15 is 0 Å². The Morgan fingerprint density at radius 1 is 1.29 bits per heavy atom. The van der Waals surface area contributed by atoms with Gasteiger partial charge in [0.1, 0.15) is 12.1 Å². The molecule has 1 heterocycles. The highest BCUT2D eigenvalue weighted by Gasteiger charge is 2.26. The standard InChI is InChI=1S/C13H15N3O/c1-2-17-12-7-3-10(4-8-12)13-15-14-9-16(13)11-5-6-11/h3-4,7-9,11H,2,5-6H2,1H3. The van der Waals surface area contributed by atoms with Crippen LogP contribution < -0.4 is 4.74 Å². The van der Waals surface area contributed by atoms with Crippen molar-refractivity contribution in [2.45, 2.75) is 25.8 Å². The highest BCUT2D eigenvalue weighted by molar-refractivity contribution is 5.56. The van der Waals surface area contributed by atoms with Crippen LogP contribution in [0.3, 0.4) is 0 Å². The molecule has 0 radical (unpaired) electrons. The van der Waals surface area contributed by atoms with E-state index in [1.54, 1.807) is 0 Å². The van der Waals surface area contributed by atoms with Crippen LogP contribution in [0.25, 0.3) is 11.4 Å². The molecule has 1 fully saturated rings. The van der Waals surface area contributed by atoms with E-state index in [4.69, 9.17) is 4.74 Å². The Balaban J connectivity index is 1.89. The number of hydrogen-bond donors (Lipinski definition) is 0. The molecule has 0 atom stereocenters. The van der Waals surface area contributed by atoms with Gasteiger partial charge < -0.3 is 9.30 Å². The van der Waals surface area contributed by atoms with Gasteiger partial charge in [-0.05, 0) is 44.0 Å². The van der Waals surface area contributed by atoms with Gasteiger partial charge in [0.2, 0.25) is 0 Å². The fraction of sp³-hybridized carbons (Fsp3) is 0.385. The van der Waals surface area contributed by atoms with Crippen molar-refractivity contribution in [3.05, 3.63) is 30.6 Å². The summed E-state index contributed by atoms with van der Waals surface area (Å²) in [5.41, 5.74) is 1.10. The fourth-order valence-corrected chi connectivity index (χ4v) is 1.94.